The number of nitrogens with one attached hydrogen (secondary N) is 1. The maximum absolute atomic E-state index is 5.70. The number of likely N-dealkylation sites (tertiary alicyclic amines) is 1. The van der Waals surface area contributed by atoms with Gasteiger partial charge in [0.25, 0.3) is 0 Å². The molecule has 0 saturated carbocycles. The van der Waals surface area contributed by atoms with Gasteiger partial charge in [-0.15, -0.1) is 24.0 Å². The lowest BCUT2D eigenvalue weighted by Gasteiger charge is -2.34. The molecule has 6 heteroatoms. The number of halogens is 1. The van der Waals surface area contributed by atoms with E-state index >= 15 is 0 Å². The van der Waals surface area contributed by atoms with Crippen LogP contribution in [0.3, 0.4) is 0 Å². The zero-order valence-electron chi connectivity index (χ0n) is 13.5. The van der Waals surface area contributed by atoms with Gasteiger partial charge >= 0.3 is 0 Å². The molecule has 22 heavy (non-hydrogen) atoms. The Kier molecular flexibility index (Phi) is 9.38. The number of piperidine rings is 1. The van der Waals surface area contributed by atoms with Crippen molar-refractivity contribution in [2.24, 2.45) is 4.99 Å². The van der Waals surface area contributed by atoms with Crippen LogP contribution in [0.25, 0.3) is 0 Å². The summed E-state index contributed by atoms with van der Waals surface area (Å²) in [5.74, 6) is 0.984. The number of rotatable bonds is 5. The summed E-state index contributed by atoms with van der Waals surface area (Å²) < 4.78 is 5.70. The predicted molar refractivity (Wildman–Crippen MR) is 101 cm³/mol. The summed E-state index contributed by atoms with van der Waals surface area (Å²) in [4.78, 5) is 11.3. The summed E-state index contributed by atoms with van der Waals surface area (Å²) in [6.45, 7) is 8.46. The number of nitrogens with zero attached hydrogens (tertiary/aromatic N) is 3. The molecule has 1 aromatic rings. The lowest BCUT2D eigenvalue weighted by molar-refractivity contribution is 0.0263. The molecule has 1 N–H and O–H groups in total. The van der Waals surface area contributed by atoms with E-state index in [1.54, 1.807) is 0 Å². The highest BCUT2D eigenvalue weighted by atomic mass is 127. The van der Waals surface area contributed by atoms with E-state index in [2.05, 4.69) is 29.0 Å². The van der Waals surface area contributed by atoms with Gasteiger partial charge in [0.15, 0.2) is 5.96 Å². The summed E-state index contributed by atoms with van der Waals surface area (Å²) in [5.41, 5.74) is 0.997. The summed E-state index contributed by atoms with van der Waals surface area (Å²) in [7, 11) is 0. The summed E-state index contributed by atoms with van der Waals surface area (Å²) in [6.07, 6.45) is 4.36. The summed E-state index contributed by atoms with van der Waals surface area (Å²) in [5, 5.41) is 3.38. The first-order valence-corrected chi connectivity index (χ1v) is 7.88. The molecule has 0 unspecified atom stereocenters. The number of aromatic nitrogens is 1. The van der Waals surface area contributed by atoms with Crippen molar-refractivity contribution in [1.82, 2.24) is 15.2 Å². The minimum Gasteiger partial charge on any atom is -0.378 e. The normalized spacial score (nSPS) is 16.3. The van der Waals surface area contributed by atoms with Crippen molar-refractivity contribution in [3.63, 3.8) is 0 Å². The molecule has 5 nitrogen and oxygen atoms in total. The largest absolute Gasteiger partial charge is 0.378 e. The molecule has 1 saturated heterocycles. The summed E-state index contributed by atoms with van der Waals surface area (Å²) >= 11 is 0. The molecule has 124 valence electrons. The third-order valence-corrected chi connectivity index (χ3v) is 3.60. The zero-order chi connectivity index (χ0) is 14.9. The second-order valence-corrected chi connectivity index (χ2v) is 5.13. The maximum atomic E-state index is 5.70. The van der Waals surface area contributed by atoms with Gasteiger partial charge in [-0.2, -0.15) is 0 Å². The Morgan fingerprint density at radius 1 is 1.36 bits per heavy atom. The molecular weight excluding hydrogens is 391 g/mol. The number of guanidine groups is 1. The molecular formula is C16H27IN4O. The molecule has 2 heterocycles. The molecule has 0 aliphatic carbocycles. The number of aliphatic imine (C=N–C) groups is 1. The van der Waals surface area contributed by atoms with Crippen LogP contribution in [-0.2, 0) is 11.3 Å². The highest BCUT2D eigenvalue weighted by Crippen LogP contribution is 2.14. The quantitative estimate of drug-likeness (QED) is 0.454. The zero-order valence-corrected chi connectivity index (χ0v) is 15.8. The highest BCUT2D eigenvalue weighted by Gasteiger charge is 2.21. The SMILES string of the molecule is CCNC(=NCc1ccccn1)N1CCC(OCC)CC1.I. The van der Waals surface area contributed by atoms with Gasteiger partial charge in [0.1, 0.15) is 0 Å². The molecule has 1 fully saturated rings. The average Bonchev–Trinajstić information content (AvgIpc) is 2.54. The second kappa shape index (κ2) is 10.8. The topological polar surface area (TPSA) is 49.8 Å². The molecule has 0 aromatic carbocycles. The van der Waals surface area contributed by atoms with Gasteiger partial charge in [-0.05, 0) is 38.8 Å². The van der Waals surface area contributed by atoms with Crippen LogP contribution in [0.1, 0.15) is 32.4 Å². The van der Waals surface area contributed by atoms with Crippen molar-refractivity contribution in [1.29, 1.82) is 0 Å². The van der Waals surface area contributed by atoms with E-state index in [1.807, 2.05) is 24.4 Å². The van der Waals surface area contributed by atoms with Crippen molar-refractivity contribution in [2.75, 3.05) is 26.2 Å². The molecule has 1 aliphatic rings. The van der Waals surface area contributed by atoms with E-state index in [0.29, 0.717) is 12.6 Å². The average molecular weight is 418 g/mol. The van der Waals surface area contributed by atoms with Crippen molar-refractivity contribution >= 4 is 29.9 Å². The van der Waals surface area contributed by atoms with Crippen molar-refractivity contribution < 1.29 is 4.74 Å². The summed E-state index contributed by atoms with van der Waals surface area (Å²) in [6, 6.07) is 5.93. The van der Waals surface area contributed by atoms with Crippen LogP contribution >= 0.6 is 24.0 Å². The van der Waals surface area contributed by atoms with Gasteiger partial charge in [0, 0.05) is 32.4 Å². The van der Waals surface area contributed by atoms with Gasteiger partial charge < -0.3 is 15.0 Å². The van der Waals surface area contributed by atoms with Crippen LogP contribution in [0.5, 0.6) is 0 Å². The van der Waals surface area contributed by atoms with E-state index in [4.69, 9.17) is 9.73 Å². The van der Waals surface area contributed by atoms with Crippen LogP contribution in [-0.4, -0.2) is 48.2 Å². The van der Waals surface area contributed by atoms with Gasteiger partial charge in [0.05, 0.1) is 18.3 Å². The fraction of sp³-hybridized carbons (Fsp3) is 0.625. The van der Waals surface area contributed by atoms with Gasteiger partial charge in [-0.1, -0.05) is 6.07 Å². The molecule has 1 aliphatic heterocycles. The number of hydrogen-bond donors (Lipinski definition) is 1. The van der Waals surface area contributed by atoms with Crippen LogP contribution < -0.4 is 5.32 Å². The highest BCUT2D eigenvalue weighted by molar-refractivity contribution is 14.0. The Labute approximate surface area is 150 Å². The maximum Gasteiger partial charge on any atom is 0.194 e. The van der Waals surface area contributed by atoms with E-state index < -0.39 is 0 Å². The Balaban J connectivity index is 0.00000242. The van der Waals surface area contributed by atoms with Crippen LogP contribution in [0.15, 0.2) is 29.4 Å². The smallest absolute Gasteiger partial charge is 0.194 e. The van der Waals surface area contributed by atoms with E-state index in [1.165, 1.54) is 0 Å². The third kappa shape index (κ3) is 6.08. The monoisotopic (exact) mass is 418 g/mol. The molecule has 0 amide bonds. The van der Waals surface area contributed by atoms with Gasteiger partial charge in [-0.25, -0.2) is 4.99 Å². The molecule has 2 rings (SSSR count). The van der Waals surface area contributed by atoms with E-state index in [9.17, 15) is 0 Å². The molecule has 0 atom stereocenters. The minimum atomic E-state index is 0. The first-order chi connectivity index (χ1) is 10.3. The van der Waals surface area contributed by atoms with Gasteiger partial charge in [0.2, 0.25) is 0 Å². The number of pyridine rings is 1. The van der Waals surface area contributed by atoms with Crippen LogP contribution in [0.4, 0.5) is 0 Å². The molecule has 1 aromatic heterocycles. The van der Waals surface area contributed by atoms with Crippen molar-refractivity contribution in [3.05, 3.63) is 30.1 Å². The lowest BCUT2D eigenvalue weighted by Crippen LogP contribution is -2.47. The first kappa shape index (κ1) is 19.2. The molecule has 0 radical (unpaired) electrons. The lowest BCUT2D eigenvalue weighted by atomic mass is 10.1. The van der Waals surface area contributed by atoms with Crippen molar-refractivity contribution in [3.8, 4) is 0 Å². The number of ether oxygens (including phenoxy) is 1. The molecule has 0 spiro atoms. The van der Waals surface area contributed by atoms with Gasteiger partial charge in [-0.3, -0.25) is 4.98 Å². The second-order valence-electron chi connectivity index (χ2n) is 5.13. The minimum absolute atomic E-state index is 0. The Hall–Kier alpha value is -0.890. The Morgan fingerprint density at radius 3 is 2.73 bits per heavy atom. The molecule has 0 bridgehead atoms. The Bertz CT molecular complexity index is 433. The fourth-order valence-electron chi connectivity index (χ4n) is 2.54. The van der Waals surface area contributed by atoms with E-state index in [0.717, 1.165) is 50.7 Å². The predicted octanol–water partition coefficient (Wildman–Crippen LogP) is 2.67. The van der Waals surface area contributed by atoms with Crippen LogP contribution in [0, 0.1) is 0 Å². The standard InChI is InChI=1S/C16H26N4O.HI/c1-3-17-16(19-13-14-7-5-6-10-18-14)20-11-8-15(9-12-20)21-4-2;/h5-7,10,15H,3-4,8-9,11-13H2,1-2H3,(H,17,19);1H. The first-order valence-electron chi connectivity index (χ1n) is 7.88. The van der Waals surface area contributed by atoms with E-state index in [-0.39, 0.29) is 24.0 Å². The third-order valence-electron chi connectivity index (χ3n) is 3.60. The van der Waals surface area contributed by atoms with Crippen LogP contribution in [0.2, 0.25) is 0 Å². The fourth-order valence-corrected chi connectivity index (χ4v) is 2.54. The van der Waals surface area contributed by atoms with Crippen molar-refractivity contribution in [2.45, 2.75) is 39.3 Å². The number of hydrogen-bond acceptors (Lipinski definition) is 3. The Morgan fingerprint density at radius 2 is 2.14 bits per heavy atom.